The normalized spacial score (nSPS) is 12.2. The molecule has 0 aliphatic rings. The first-order valence-electron chi connectivity index (χ1n) is 12.5. The molecule has 0 aromatic carbocycles. The summed E-state index contributed by atoms with van der Waals surface area (Å²) in [5.74, 6) is -4.02. The Morgan fingerprint density at radius 1 is 0.875 bits per heavy atom. The maximum atomic E-state index is 12.0. The number of carbonyl (C=O) groups excluding carboxylic acids is 2. The zero-order valence-electron chi connectivity index (χ0n) is 21.8. The molecule has 0 fully saturated rings. The third-order valence-corrected chi connectivity index (χ3v) is 5.13. The Balaban J connectivity index is 2.24. The van der Waals surface area contributed by atoms with Crippen LogP contribution in [0.3, 0.4) is 0 Å². The molecule has 1 aromatic rings. The van der Waals surface area contributed by atoms with Crippen LogP contribution < -0.4 is 21.3 Å². The predicted octanol–water partition coefficient (Wildman–Crippen LogP) is -0.679. The molecule has 0 saturated heterocycles. The van der Waals surface area contributed by atoms with Gasteiger partial charge in [-0.1, -0.05) is 5.21 Å². The fraction of sp³-hybridized carbons (Fsp3) is 0.682. The molecule has 1 aromatic heterocycles. The molecule has 4 amide bonds. The summed E-state index contributed by atoms with van der Waals surface area (Å²) < 4.78 is 23.7. The van der Waals surface area contributed by atoms with Crippen LogP contribution in [-0.2, 0) is 36.9 Å². The Morgan fingerprint density at radius 3 is 2.15 bits per heavy atom. The molecule has 2 atom stereocenters. The number of rotatable bonds is 22. The van der Waals surface area contributed by atoms with Crippen LogP contribution in [0.15, 0.2) is 6.20 Å². The van der Waals surface area contributed by atoms with E-state index in [1.807, 2.05) is 5.32 Å². The number of aliphatic carboxylic acids is 3. The number of unbranched alkanes of at least 4 members (excludes halogenated alkanes) is 1. The summed E-state index contributed by atoms with van der Waals surface area (Å²) >= 11 is 0. The Hall–Kier alpha value is -4.06. The Labute approximate surface area is 228 Å². The average molecular weight is 578 g/mol. The number of carboxylic acid groups (broad SMARTS) is 3. The van der Waals surface area contributed by atoms with Crippen LogP contribution in [0.2, 0.25) is 0 Å². The lowest BCUT2D eigenvalue weighted by molar-refractivity contribution is -0.140. The quantitative estimate of drug-likeness (QED) is 0.0848. The largest absolute Gasteiger partial charge is 0.481 e. The lowest BCUT2D eigenvalue weighted by atomic mass is 10.1. The zero-order chi connectivity index (χ0) is 29.8. The second-order valence-corrected chi connectivity index (χ2v) is 8.32. The van der Waals surface area contributed by atoms with Crippen LogP contribution in [0.4, 0.5) is 14.0 Å². The van der Waals surface area contributed by atoms with Crippen molar-refractivity contribution in [3.05, 3.63) is 11.9 Å². The third-order valence-electron chi connectivity index (χ3n) is 5.13. The van der Waals surface area contributed by atoms with Gasteiger partial charge < -0.3 is 46.1 Å². The molecule has 0 saturated carbocycles. The van der Waals surface area contributed by atoms with Crippen LogP contribution in [0.25, 0.3) is 0 Å². The van der Waals surface area contributed by atoms with Crippen molar-refractivity contribution in [1.29, 1.82) is 0 Å². The highest BCUT2D eigenvalue weighted by molar-refractivity contribution is 5.86. The van der Waals surface area contributed by atoms with Crippen molar-refractivity contribution in [2.75, 3.05) is 39.6 Å². The van der Waals surface area contributed by atoms with E-state index in [9.17, 15) is 33.5 Å². The summed E-state index contributed by atoms with van der Waals surface area (Å²) in [7, 11) is 0. The van der Waals surface area contributed by atoms with E-state index in [1.54, 1.807) is 10.9 Å². The topological polar surface area (TPSA) is 243 Å². The van der Waals surface area contributed by atoms with Gasteiger partial charge in [0.2, 0.25) is 0 Å². The van der Waals surface area contributed by atoms with Crippen LogP contribution in [-0.4, -0.2) is 112 Å². The van der Waals surface area contributed by atoms with Crippen molar-refractivity contribution < 1.29 is 53.2 Å². The second-order valence-electron chi connectivity index (χ2n) is 8.32. The molecule has 0 aliphatic carbocycles. The molecule has 1 heterocycles. The number of hydrogen-bond donors (Lipinski definition) is 7. The number of carboxylic acids is 3. The minimum absolute atomic E-state index is 0.0103. The number of amides is 4. The number of ether oxygens (including phenoxy) is 2. The number of nitrogens with one attached hydrogen (secondary N) is 4. The molecular formula is C22H36FN7O10. The summed E-state index contributed by atoms with van der Waals surface area (Å²) in [4.78, 5) is 57.2. The molecule has 0 spiro atoms. The second kappa shape index (κ2) is 19.9. The van der Waals surface area contributed by atoms with Crippen molar-refractivity contribution in [3.8, 4) is 0 Å². The third kappa shape index (κ3) is 16.0. The molecule has 18 heteroatoms. The Morgan fingerprint density at radius 2 is 1.52 bits per heavy atom. The molecule has 226 valence electrons. The number of halogens is 1. The molecular weight excluding hydrogens is 541 g/mol. The molecule has 0 aliphatic heterocycles. The summed E-state index contributed by atoms with van der Waals surface area (Å²) in [5, 5.41) is 44.3. The number of nitrogens with zero attached hydrogens (tertiary/aromatic N) is 3. The minimum atomic E-state index is -1.49. The molecule has 1 rings (SSSR count). The summed E-state index contributed by atoms with van der Waals surface area (Å²) in [6.45, 7) is 1.25. The van der Waals surface area contributed by atoms with Crippen molar-refractivity contribution >= 4 is 30.0 Å². The molecule has 7 N–H and O–H groups in total. The summed E-state index contributed by atoms with van der Waals surface area (Å²) in [6.07, 6.45) is 1.51. The number of aromatic nitrogens is 3. The van der Waals surface area contributed by atoms with E-state index in [-0.39, 0.29) is 32.5 Å². The van der Waals surface area contributed by atoms with Crippen LogP contribution in [0.5, 0.6) is 0 Å². The first kappa shape index (κ1) is 34.0. The van der Waals surface area contributed by atoms with Gasteiger partial charge in [0.05, 0.1) is 45.7 Å². The van der Waals surface area contributed by atoms with E-state index in [4.69, 9.17) is 19.7 Å². The van der Waals surface area contributed by atoms with Gasteiger partial charge in [-0.05, 0) is 25.7 Å². The van der Waals surface area contributed by atoms with E-state index in [0.29, 0.717) is 44.9 Å². The van der Waals surface area contributed by atoms with E-state index < -0.39 is 55.1 Å². The average Bonchev–Trinajstić information content (AvgIpc) is 3.35. The zero-order valence-corrected chi connectivity index (χ0v) is 21.8. The number of alkyl halides is 1. The number of hydrogen-bond acceptors (Lipinski definition) is 9. The van der Waals surface area contributed by atoms with Gasteiger partial charge in [0, 0.05) is 13.0 Å². The lowest BCUT2D eigenvalue weighted by Gasteiger charge is -2.18. The predicted molar refractivity (Wildman–Crippen MR) is 133 cm³/mol. The van der Waals surface area contributed by atoms with Crippen LogP contribution in [0.1, 0.15) is 37.8 Å². The monoisotopic (exact) mass is 577 g/mol. The van der Waals surface area contributed by atoms with Gasteiger partial charge >= 0.3 is 30.0 Å². The fourth-order valence-corrected chi connectivity index (χ4v) is 3.11. The highest BCUT2D eigenvalue weighted by Gasteiger charge is 2.24. The van der Waals surface area contributed by atoms with Crippen LogP contribution >= 0.6 is 0 Å². The first-order valence-corrected chi connectivity index (χ1v) is 12.5. The van der Waals surface area contributed by atoms with Gasteiger partial charge in [-0.15, -0.1) is 5.10 Å². The lowest BCUT2D eigenvalue weighted by Crippen LogP contribution is -2.51. The van der Waals surface area contributed by atoms with Gasteiger partial charge in [-0.3, -0.25) is 4.79 Å². The van der Waals surface area contributed by atoms with Gasteiger partial charge in [0.25, 0.3) is 0 Å². The molecule has 0 radical (unpaired) electrons. The highest BCUT2D eigenvalue weighted by atomic mass is 19.1. The fourth-order valence-electron chi connectivity index (χ4n) is 3.11. The Kier molecular flexibility index (Phi) is 16.9. The first-order chi connectivity index (χ1) is 19.1. The van der Waals surface area contributed by atoms with E-state index >= 15 is 0 Å². The summed E-state index contributed by atoms with van der Waals surface area (Å²) in [6, 6.07) is -4.33. The maximum Gasteiger partial charge on any atom is 0.326 e. The molecule has 0 unspecified atom stereocenters. The van der Waals surface area contributed by atoms with Crippen molar-refractivity contribution in [2.24, 2.45) is 0 Å². The SMILES string of the molecule is O=C(O)CC[C@H](NC(=O)N[C@@H](CCCCNC(=O)NCc1cn(CCOCCOCCF)nn1)C(=O)O)C(=O)O. The van der Waals surface area contributed by atoms with Gasteiger partial charge in [-0.2, -0.15) is 0 Å². The van der Waals surface area contributed by atoms with Gasteiger partial charge in [-0.25, -0.2) is 28.3 Å². The van der Waals surface area contributed by atoms with Gasteiger partial charge in [0.15, 0.2) is 0 Å². The number of urea groups is 2. The summed E-state index contributed by atoms with van der Waals surface area (Å²) in [5.41, 5.74) is 0.517. The standard InChI is InChI=1S/C22H36FN7O10/c23-6-9-39-11-12-40-10-8-30-14-15(28-29-30)13-25-21(37)24-7-2-1-3-16(19(33)34)26-22(38)27-17(20(35)36)4-5-18(31)32/h14,16-17H,1-13H2,(H,31,32)(H,33,34)(H,35,36)(H2,24,25,37)(H2,26,27,38)/t16-,17-/m0/s1. The van der Waals surface area contributed by atoms with E-state index in [0.717, 1.165) is 0 Å². The van der Waals surface area contributed by atoms with Crippen molar-refractivity contribution in [3.63, 3.8) is 0 Å². The Bertz CT molecular complexity index is 949. The maximum absolute atomic E-state index is 12.0. The molecule has 40 heavy (non-hydrogen) atoms. The smallest absolute Gasteiger partial charge is 0.326 e. The molecule has 17 nitrogen and oxygen atoms in total. The number of carbonyl (C=O) groups is 5. The van der Waals surface area contributed by atoms with E-state index in [2.05, 4.69) is 26.3 Å². The minimum Gasteiger partial charge on any atom is -0.481 e. The molecule has 0 bridgehead atoms. The van der Waals surface area contributed by atoms with Gasteiger partial charge in [0.1, 0.15) is 24.5 Å². The van der Waals surface area contributed by atoms with E-state index in [1.165, 1.54) is 0 Å². The van der Waals surface area contributed by atoms with Crippen LogP contribution in [0, 0.1) is 0 Å². The van der Waals surface area contributed by atoms with Crippen molar-refractivity contribution in [2.45, 2.75) is 57.3 Å². The highest BCUT2D eigenvalue weighted by Crippen LogP contribution is 2.03. The van der Waals surface area contributed by atoms with Crippen molar-refractivity contribution in [1.82, 2.24) is 36.3 Å².